The highest BCUT2D eigenvalue weighted by atomic mass is 35.5. The average molecular weight is 347 g/mol. The Morgan fingerprint density at radius 1 is 1.62 bits per heavy atom. The van der Waals surface area contributed by atoms with Crippen LogP contribution in [0.15, 0.2) is 23.2 Å². The van der Waals surface area contributed by atoms with E-state index >= 15 is 0 Å². The van der Waals surface area contributed by atoms with E-state index in [4.69, 9.17) is 11.6 Å². The Hall–Kier alpha value is -0.720. The van der Waals surface area contributed by atoms with Gasteiger partial charge in [-0.3, -0.25) is 9.79 Å². The smallest absolute Gasteiger partial charge is 0.235 e. The molecule has 0 N–H and O–H groups in total. The van der Waals surface area contributed by atoms with Gasteiger partial charge >= 0.3 is 0 Å². The molecule has 3 nitrogen and oxygen atoms in total. The Morgan fingerprint density at radius 3 is 3.00 bits per heavy atom. The molecule has 1 aliphatic rings. The normalized spacial score (nSPS) is 15.7. The maximum atomic E-state index is 13.8. The van der Waals surface area contributed by atoms with E-state index in [0.717, 1.165) is 16.7 Å². The van der Waals surface area contributed by atoms with E-state index in [1.54, 1.807) is 30.9 Å². The third-order valence-corrected chi connectivity index (χ3v) is 5.66. The predicted octanol–water partition coefficient (Wildman–Crippen LogP) is 3.66. The molecule has 1 unspecified atom stereocenters. The molecule has 7 heteroatoms. The van der Waals surface area contributed by atoms with Crippen LogP contribution in [0, 0.1) is 5.82 Å². The maximum absolute atomic E-state index is 13.8. The fraction of sp³-hybridized carbons (Fsp3) is 0.429. The molecule has 0 radical (unpaired) electrons. The summed E-state index contributed by atoms with van der Waals surface area (Å²) < 4.78 is 14.7. The first-order valence-corrected chi connectivity index (χ1v) is 8.75. The van der Waals surface area contributed by atoms with Gasteiger partial charge in [-0.2, -0.15) is 0 Å². The van der Waals surface area contributed by atoms with Crippen molar-refractivity contribution in [1.29, 1.82) is 0 Å². The van der Waals surface area contributed by atoms with Crippen molar-refractivity contribution in [3.05, 3.63) is 34.6 Å². The highest BCUT2D eigenvalue weighted by Gasteiger charge is 2.23. The lowest BCUT2D eigenvalue weighted by Crippen LogP contribution is -2.33. The molecule has 1 aromatic carbocycles. The lowest BCUT2D eigenvalue weighted by atomic mass is 10.2. The summed E-state index contributed by atoms with van der Waals surface area (Å²) in [6, 6.07) is 4.53. The van der Waals surface area contributed by atoms with E-state index < -0.39 is 5.82 Å². The van der Waals surface area contributed by atoms with Crippen LogP contribution in [-0.2, 0) is 11.3 Å². The minimum Gasteiger partial charge on any atom is -0.340 e. The Labute approximate surface area is 137 Å². The first-order valence-electron chi connectivity index (χ1n) is 6.51. The summed E-state index contributed by atoms with van der Waals surface area (Å²) in [5.41, 5.74) is 0.347. The van der Waals surface area contributed by atoms with Gasteiger partial charge in [0.15, 0.2) is 0 Å². The number of hydrogen-bond donors (Lipinski definition) is 0. The molecule has 1 atom stereocenters. The van der Waals surface area contributed by atoms with Crippen LogP contribution in [0.25, 0.3) is 0 Å². The highest BCUT2D eigenvalue weighted by molar-refractivity contribution is 8.39. The summed E-state index contributed by atoms with van der Waals surface area (Å²) in [5, 5.41) is 0.0931. The first kappa shape index (κ1) is 16.6. The zero-order valence-corrected chi connectivity index (χ0v) is 14.2. The lowest BCUT2D eigenvalue weighted by molar-refractivity contribution is -0.129. The third kappa shape index (κ3) is 4.37. The van der Waals surface area contributed by atoms with E-state index in [1.165, 1.54) is 22.7 Å². The van der Waals surface area contributed by atoms with Gasteiger partial charge in [-0.05, 0) is 19.1 Å². The molecule has 114 valence electrons. The standard InChI is InChI=1S/C14H16ClFN2OS2/c1-9(21-14-17-6-7-20-14)13(19)18(2)8-10-11(15)4-3-5-12(10)16/h3-5,9H,6-8H2,1-2H3. The monoisotopic (exact) mass is 346 g/mol. The second kappa shape index (κ2) is 7.51. The molecule has 0 aromatic heterocycles. The molecule has 1 aliphatic heterocycles. The van der Waals surface area contributed by atoms with Crippen LogP contribution in [-0.4, -0.2) is 39.8 Å². The van der Waals surface area contributed by atoms with Crippen LogP contribution in [0.2, 0.25) is 5.02 Å². The van der Waals surface area contributed by atoms with Crippen molar-refractivity contribution >= 4 is 45.4 Å². The van der Waals surface area contributed by atoms with Crippen molar-refractivity contribution in [3.63, 3.8) is 0 Å². The number of rotatable bonds is 4. The Morgan fingerprint density at radius 2 is 2.38 bits per heavy atom. The largest absolute Gasteiger partial charge is 0.340 e. The van der Waals surface area contributed by atoms with E-state index in [2.05, 4.69) is 4.99 Å². The second-order valence-electron chi connectivity index (χ2n) is 4.65. The van der Waals surface area contributed by atoms with Gasteiger partial charge in [0.1, 0.15) is 10.2 Å². The Balaban J connectivity index is 1.98. The quantitative estimate of drug-likeness (QED) is 0.834. The molecular formula is C14H16ClFN2OS2. The summed E-state index contributed by atoms with van der Waals surface area (Å²) in [6.45, 7) is 2.82. The fourth-order valence-electron chi connectivity index (χ4n) is 1.90. The summed E-state index contributed by atoms with van der Waals surface area (Å²) in [4.78, 5) is 18.2. The van der Waals surface area contributed by atoms with Crippen molar-refractivity contribution < 1.29 is 9.18 Å². The SMILES string of the molecule is CC(SC1=NCCS1)C(=O)N(C)Cc1c(F)cccc1Cl. The van der Waals surface area contributed by atoms with Crippen LogP contribution in [0.3, 0.4) is 0 Å². The van der Waals surface area contributed by atoms with Crippen LogP contribution < -0.4 is 0 Å². The van der Waals surface area contributed by atoms with Crippen LogP contribution >= 0.6 is 35.1 Å². The number of amides is 1. The Kier molecular flexibility index (Phi) is 5.96. The number of nitrogens with zero attached hydrogens (tertiary/aromatic N) is 2. The number of halogens is 2. The number of hydrogen-bond acceptors (Lipinski definition) is 4. The van der Waals surface area contributed by atoms with Crippen molar-refractivity contribution in [2.75, 3.05) is 19.3 Å². The molecule has 1 heterocycles. The highest BCUT2D eigenvalue weighted by Crippen LogP contribution is 2.27. The molecule has 0 saturated carbocycles. The first-order chi connectivity index (χ1) is 9.99. The lowest BCUT2D eigenvalue weighted by Gasteiger charge is -2.21. The zero-order chi connectivity index (χ0) is 15.4. The van der Waals surface area contributed by atoms with E-state index in [0.29, 0.717) is 10.6 Å². The van der Waals surface area contributed by atoms with Gasteiger partial charge in [-0.25, -0.2) is 4.39 Å². The molecule has 2 rings (SSSR count). The van der Waals surface area contributed by atoms with E-state index in [-0.39, 0.29) is 17.7 Å². The van der Waals surface area contributed by atoms with Gasteiger partial charge in [-0.1, -0.05) is 41.2 Å². The molecule has 21 heavy (non-hydrogen) atoms. The summed E-state index contributed by atoms with van der Waals surface area (Å²) in [7, 11) is 1.66. The van der Waals surface area contributed by atoms with Gasteiger partial charge < -0.3 is 4.90 Å². The average Bonchev–Trinajstić information content (AvgIpc) is 2.94. The molecule has 0 bridgehead atoms. The van der Waals surface area contributed by atoms with Gasteiger partial charge in [0, 0.05) is 29.9 Å². The molecule has 1 aromatic rings. The van der Waals surface area contributed by atoms with E-state index in [9.17, 15) is 9.18 Å². The predicted molar refractivity (Wildman–Crippen MR) is 89.7 cm³/mol. The number of benzene rings is 1. The minimum atomic E-state index is -0.391. The number of carbonyl (C=O) groups excluding carboxylic acids is 1. The number of carbonyl (C=O) groups is 1. The van der Waals surface area contributed by atoms with E-state index in [1.807, 2.05) is 6.92 Å². The third-order valence-electron chi connectivity index (χ3n) is 3.02. The topological polar surface area (TPSA) is 32.7 Å². The van der Waals surface area contributed by atoms with Crippen molar-refractivity contribution in [2.45, 2.75) is 18.7 Å². The molecule has 0 spiro atoms. The molecular weight excluding hydrogens is 331 g/mol. The van der Waals surface area contributed by atoms with Crippen LogP contribution in [0.5, 0.6) is 0 Å². The Bertz CT molecular complexity index is 548. The molecule has 0 aliphatic carbocycles. The van der Waals surface area contributed by atoms with Gasteiger partial charge in [0.05, 0.1) is 11.8 Å². The second-order valence-corrected chi connectivity index (χ2v) is 7.73. The number of aliphatic imine (C=N–C) groups is 1. The fourth-order valence-corrected chi connectivity index (χ4v) is 4.36. The molecule has 0 fully saturated rings. The van der Waals surface area contributed by atoms with Gasteiger partial charge in [-0.15, -0.1) is 0 Å². The molecule has 0 saturated heterocycles. The number of thioether (sulfide) groups is 2. The molecule has 1 amide bonds. The van der Waals surface area contributed by atoms with Crippen molar-refractivity contribution in [2.24, 2.45) is 4.99 Å². The van der Waals surface area contributed by atoms with Crippen molar-refractivity contribution in [1.82, 2.24) is 4.90 Å². The van der Waals surface area contributed by atoms with Crippen LogP contribution in [0.1, 0.15) is 12.5 Å². The minimum absolute atomic E-state index is 0.0606. The van der Waals surface area contributed by atoms with Gasteiger partial charge in [0.25, 0.3) is 0 Å². The summed E-state index contributed by atoms with van der Waals surface area (Å²) >= 11 is 9.12. The van der Waals surface area contributed by atoms with Crippen LogP contribution in [0.4, 0.5) is 4.39 Å². The van der Waals surface area contributed by atoms with Gasteiger partial charge in [0.2, 0.25) is 5.91 Å². The summed E-state index contributed by atoms with van der Waals surface area (Å²) in [6.07, 6.45) is 0. The van der Waals surface area contributed by atoms with Crippen molar-refractivity contribution in [3.8, 4) is 0 Å². The zero-order valence-electron chi connectivity index (χ0n) is 11.8. The maximum Gasteiger partial charge on any atom is 0.235 e. The summed E-state index contributed by atoms with van der Waals surface area (Å²) in [5.74, 6) is 0.525.